The fourth-order valence-electron chi connectivity index (χ4n) is 1.83. The summed E-state index contributed by atoms with van der Waals surface area (Å²) < 4.78 is 0. The summed E-state index contributed by atoms with van der Waals surface area (Å²) >= 11 is 0. The molecule has 1 aliphatic heterocycles. The molecule has 0 radical (unpaired) electrons. The van der Waals surface area contributed by atoms with Gasteiger partial charge in [0.2, 0.25) is 5.91 Å². The molecule has 0 aliphatic carbocycles. The lowest BCUT2D eigenvalue weighted by atomic mass is 10.2. The second-order valence-corrected chi connectivity index (χ2v) is 4.07. The average Bonchev–Trinajstić information content (AvgIpc) is 2.63. The van der Waals surface area contributed by atoms with Crippen molar-refractivity contribution in [2.24, 2.45) is 0 Å². The van der Waals surface area contributed by atoms with Crippen molar-refractivity contribution in [3.05, 3.63) is 11.9 Å². The van der Waals surface area contributed by atoms with Gasteiger partial charge in [0, 0.05) is 25.6 Å². The van der Waals surface area contributed by atoms with Gasteiger partial charge in [-0.15, -0.1) is 0 Å². The Labute approximate surface area is 100 Å². The van der Waals surface area contributed by atoms with Crippen LogP contribution in [0.15, 0.2) is 6.07 Å². The number of amides is 1. The van der Waals surface area contributed by atoms with Gasteiger partial charge >= 0.3 is 0 Å². The molecule has 1 fully saturated rings. The van der Waals surface area contributed by atoms with Crippen LogP contribution in [0.5, 0.6) is 0 Å². The number of carbonyl (C=O) groups excluding carboxylic acids is 1. The molecule has 1 atom stereocenters. The average molecular weight is 235 g/mol. The van der Waals surface area contributed by atoms with E-state index in [2.05, 4.69) is 25.9 Å². The normalized spacial score (nSPS) is 18.9. The highest BCUT2D eigenvalue weighted by Gasteiger charge is 2.21. The molecule has 6 nitrogen and oxygen atoms in total. The second-order valence-electron chi connectivity index (χ2n) is 4.07. The van der Waals surface area contributed by atoms with Crippen molar-refractivity contribution < 1.29 is 4.79 Å². The first-order chi connectivity index (χ1) is 8.17. The Morgan fingerprint density at radius 3 is 2.88 bits per heavy atom. The van der Waals surface area contributed by atoms with Crippen LogP contribution in [0.25, 0.3) is 0 Å². The summed E-state index contributed by atoms with van der Waals surface area (Å²) in [5, 5.41) is 9.17. The zero-order chi connectivity index (χ0) is 12.3. The van der Waals surface area contributed by atoms with E-state index in [1.54, 1.807) is 0 Å². The number of aryl methyl sites for hydroxylation is 1. The van der Waals surface area contributed by atoms with Gasteiger partial charge in [-0.3, -0.25) is 4.79 Å². The topological polar surface area (TPSA) is 78.9 Å². The molecule has 1 aromatic heterocycles. The summed E-state index contributed by atoms with van der Waals surface area (Å²) in [6, 6.07) is 1.98. The van der Waals surface area contributed by atoms with Crippen LogP contribution in [-0.2, 0) is 4.79 Å². The summed E-state index contributed by atoms with van der Waals surface area (Å²) in [7, 11) is 0. The summed E-state index contributed by atoms with van der Waals surface area (Å²) in [6.07, 6.45) is 0.500. The number of rotatable bonds is 4. The Hall–Kier alpha value is -1.85. The number of carbonyl (C=O) groups is 1. The first-order valence-electron chi connectivity index (χ1n) is 5.80. The van der Waals surface area contributed by atoms with E-state index in [0.29, 0.717) is 18.8 Å². The largest absolute Gasteiger partial charge is 0.370 e. The van der Waals surface area contributed by atoms with Crippen LogP contribution in [0.3, 0.4) is 0 Å². The van der Waals surface area contributed by atoms with Crippen molar-refractivity contribution in [3.63, 3.8) is 0 Å². The quantitative estimate of drug-likeness (QED) is 0.709. The fraction of sp³-hybridized carbons (Fsp3) is 0.545. The maximum Gasteiger partial charge on any atom is 0.222 e. The van der Waals surface area contributed by atoms with Crippen LogP contribution in [-0.4, -0.2) is 35.0 Å². The zero-order valence-electron chi connectivity index (χ0n) is 10.1. The molecular formula is C11H17N5O. The Balaban J connectivity index is 2.07. The molecule has 1 aliphatic rings. The highest BCUT2D eigenvalue weighted by atomic mass is 16.1. The minimum absolute atomic E-state index is 0.0835. The Bertz CT molecular complexity index is 420. The summed E-state index contributed by atoms with van der Waals surface area (Å²) in [5.41, 5.74) is 0. The molecule has 6 heteroatoms. The van der Waals surface area contributed by atoms with E-state index in [4.69, 9.17) is 0 Å². The van der Waals surface area contributed by atoms with Gasteiger partial charge in [0.25, 0.3) is 0 Å². The van der Waals surface area contributed by atoms with Gasteiger partial charge in [-0.25, -0.2) is 9.97 Å². The SMILES string of the molecule is CCNc1cc(NC2CNC(=O)C2)nc(C)n1. The molecule has 0 spiro atoms. The van der Waals surface area contributed by atoms with Crippen molar-refractivity contribution in [3.8, 4) is 0 Å². The highest BCUT2D eigenvalue weighted by Crippen LogP contribution is 2.14. The van der Waals surface area contributed by atoms with Crippen molar-refractivity contribution in [2.75, 3.05) is 23.7 Å². The molecule has 17 heavy (non-hydrogen) atoms. The van der Waals surface area contributed by atoms with Gasteiger partial charge in [0.1, 0.15) is 17.5 Å². The molecule has 0 bridgehead atoms. The lowest BCUT2D eigenvalue weighted by molar-refractivity contribution is -0.119. The smallest absolute Gasteiger partial charge is 0.222 e. The third-order valence-electron chi connectivity index (χ3n) is 2.53. The maximum atomic E-state index is 11.1. The maximum absolute atomic E-state index is 11.1. The van der Waals surface area contributed by atoms with Gasteiger partial charge < -0.3 is 16.0 Å². The van der Waals surface area contributed by atoms with Gasteiger partial charge in [0.05, 0.1) is 6.04 Å². The molecule has 92 valence electrons. The van der Waals surface area contributed by atoms with Gasteiger partial charge in [-0.2, -0.15) is 0 Å². The van der Waals surface area contributed by atoms with Crippen molar-refractivity contribution in [1.82, 2.24) is 15.3 Å². The number of aromatic nitrogens is 2. The molecule has 1 aromatic rings. The minimum atomic E-state index is 0.0835. The lowest BCUT2D eigenvalue weighted by Gasteiger charge is -2.12. The highest BCUT2D eigenvalue weighted by molar-refractivity contribution is 5.79. The molecule has 0 aromatic carbocycles. The first kappa shape index (κ1) is 11.6. The van der Waals surface area contributed by atoms with E-state index < -0.39 is 0 Å². The second kappa shape index (κ2) is 4.99. The van der Waals surface area contributed by atoms with Crippen LogP contribution in [0.1, 0.15) is 19.2 Å². The number of hydrogen-bond donors (Lipinski definition) is 3. The molecule has 1 amide bonds. The standard InChI is InChI=1S/C11H17N5O/c1-3-12-9-5-10(15-7(2)14-9)16-8-4-11(17)13-6-8/h5,8H,3-4,6H2,1-2H3,(H,13,17)(H2,12,14,15,16). The van der Waals surface area contributed by atoms with E-state index >= 15 is 0 Å². The van der Waals surface area contributed by atoms with Crippen molar-refractivity contribution in [2.45, 2.75) is 26.3 Å². The summed E-state index contributed by atoms with van der Waals surface area (Å²) in [4.78, 5) is 19.7. The van der Waals surface area contributed by atoms with Gasteiger partial charge in [-0.1, -0.05) is 0 Å². The lowest BCUT2D eigenvalue weighted by Crippen LogP contribution is -2.23. The van der Waals surface area contributed by atoms with E-state index in [-0.39, 0.29) is 11.9 Å². The van der Waals surface area contributed by atoms with E-state index in [1.807, 2.05) is 19.9 Å². The minimum Gasteiger partial charge on any atom is -0.370 e. The van der Waals surface area contributed by atoms with E-state index in [1.165, 1.54) is 0 Å². The predicted octanol–water partition coefficient (Wildman–Crippen LogP) is 0.517. The van der Waals surface area contributed by atoms with Crippen LogP contribution < -0.4 is 16.0 Å². The van der Waals surface area contributed by atoms with Crippen LogP contribution in [0.2, 0.25) is 0 Å². The number of nitrogens with one attached hydrogen (secondary N) is 3. The molecule has 1 saturated heterocycles. The third-order valence-corrected chi connectivity index (χ3v) is 2.53. The van der Waals surface area contributed by atoms with Crippen LogP contribution >= 0.6 is 0 Å². The molecular weight excluding hydrogens is 218 g/mol. The van der Waals surface area contributed by atoms with Crippen LogP contribution in [0.4, 0.5) is 11.6 Å². The molecule has 2 rings (SSSR count). The Morgan fingerprint density at radius 1 is 1.47 bits per heavy atom. The first-order valence-corrected chi connectivity index (χ1v) is 5.80. The fourth-order valence-corrected chi connectivity index (χ4v) is 1.83. The molecule has 2 heterocycles. The monoisotopic (exact) mass is 235 g/mol. The third kappa shape index (κ3) is 3.05. The Kier molecular flexibility index (Phi) is 3.41. The predicted molar refractivity (Wildman–Crippen MR) is 66.0 cm³/mol. The van der Waals surface area contributed by atoms with Crippen molar-refractivity contribution in [1.29, 1.82) is 0 Å². The summed E-state index contributed by atoms with van der Waals surface area (Å²) in [6.45, 7) is 5.34. The zero-order valence-corrected chi connectivity index (χ0v) is 10.1. The molecule has 3 N–H and O–H groups in total. The van der Waals surface area contributed by atoms with Gasteiger partial charge in [-0.05, 0) is 13.8 Å². The number of anilines is 2. The van der Waals surface area contributed by atoms with E-state index in [0.717, 1.165) is 18.2 Å². The molecule has 0 saturated carbocycles. The van der Waals surface area contributed by atoms with Gasteiger partial charge in [0.15, 0.2) is 0 Å². The van der Waals surface area contributed by atoms with Crippen LogP contribution in [0, 0.1) is 6.92 Å². The molecule has 1 unspecified atom stereocenters. The van der Waals surface area contributed by atoms with Crippen molar-refractivity contribution >= 4 is 17.5 Å². The number of hydrogen-bond acceptors (Lipinski definition) is 5. The number of nitrogens with zero attached hydrogens (tertiary/aromatic N) is 2. The van der Waals surface area contributed by atoms with E-state index in [9.17, 15) is 4.79 Å². The Morgan fingerprint density at radius 2 is 2.24 bits per heavy atom. The summed E-state index contributed by atoms with van der Waals surface area (Å²) in [5.74, 6) is 2.36.